The third-order valence-electron chi connectivity index (χ3n) is 11.5. The number of nitrogens with zero attached hydrogens (tertiary/aromatic N) is 4. The van der Waals surface area contributed by atoms with Gasteiger partial charge in [-0.1, -0.05) is 0 Å². The van der Waals surface area contributed by atoms with E-state index in [1.165, 1.54) is 0 Å². The molecule has 0 amide bonds. The van der Waals surface area contributed by atoms with Crippen molar-refractivity contribution in [2.75, 3.05) is 6.61 Å². The second-order valence-electron chi connectivity index (χ2n) is 14.2. The van der Waals surface area contributed by atoms with E-state index in [-0.39, 0.29) is 62.1 Å². The summed E-state index contributed by atoms with van der Waals surface area (Å²) in [6, 6.07) is -3.01. The van der Waals surface area contributed by atoms with E-state index in [4.69, 9.17) is 15.6 Å². The Morgan fingerprint density at radius 1 is 0.660 bits per heavy atom. The molecule has 5 aliphatic carbocycles. The molecule has 0 aromatic carbocycles. The molecule has 0 aliphatic heterocycles. The summed E-state index contributed by atoms with van der Waals surface area (Å²) in [5.41, 5.74) is 6.05. The van der Waals surface area contributed by atoms with E-state index in [0.717, 1.165) is 25.7 Å². The van der Waals surface area contributed by atoms with Crippen LogP contribution in [0.2, 0.25) is 0 Å². The topological polar surface area (TPSA) is 268 Å². The summed E-state index contributed by atoms with van der Waals surface area (Å²) >= 11 is 0. The Morgan fingerprint density at radius 3 is 1.85 bits per heavy atom. The van der Waals surface area contributed by atoms with Gasteiger partial charge >= 0.3 is 0 Å². The molecule has 0 radical (unpaired) electrons. The minimum absolute atomic E-state index is 0.00929. The van der Waals surface area contributed by atoms with Crippen molar-refractivity contribution in [3.05, 3.63) is 0 Å². The van der Waals surface area contributed by atoms with Crippen LogP contribution in [0.3, 0.4) is 0 Å². The number of fused-ring (bicyclic) bond motifs is 2. The van der Waals surface area contributed by atoms with Gasteiger partial charge in [0, 0.05) is 12.6 Å². The van der Waals surface area contributed by atoms with Crippen molar-refractivity contribution in [3.63, 3.8) is 0 Å². The van der Waals surface area contributed by atoms with Gasteiger partial charge < -0.3 is 15.6 Å². The Morgan fingerprint density at radius 2 is 1.26 bits per heavy atom. The van der Waals surface area contributed by atoms with E-state index in [9.17, 15) is 44.0 Å². The molecule has 5 rings (SSSR count). The maximum Gasteiger partial charge on any atom is 0.270 e. The second-order valence-corrected chi connectivity index (χ2v) is 19.2. The highest BCUT2D eigenvalue weighted by atomic mass is 32.2. The summed E-state index contributed by atoms with van der Waals surface area (Å²) in [5, 5.41) is 25.7. The molecular formula is C28H49N5O11S3. The average molecular weight is 728 g/mol. The fourth-order valence-corrected chi connectivity index (χ4v) is 12.0. The minimum Gasteiger partial charge on any atom is -0.390 e. The summed E-state index contributed by atoms with van der Waals surface area (Å²) in [7, 11) is -13.6. The van der Waals surface area contributed by atoms with Crippen LogP contribution in [0.15, 0.2) is 20.5 Å². The van der Waals surface area contributed by atoms with Crippen LogP contribution in [0.1, 0.15) is 84.0 Å². The van der Waals surface area contributed by atoms with Gasteiger partial charge in [-0.3, -0.25) is 13.7 Å². The second kappa shape index (κ2) is 14.6. The van der Waals surface area contributed by atoms with E-state index < -0.39 is 82.2 Å². The standard InChI is InChI=1S/C28H49N5O11S3/c1-2-44-17-5-3-16(4-6-17)30-31-23-9-10-24(21-13-18(45(35,36)37)7-8-19(21)23)32-33-27-26(47(41,42)43)12-15-11-25(46(38,39)40)22(29)14-20(15)28(27)34/h15-28,34H,2-14,29H2,1H3,(H,35,36,37)(H,38,39,40)(H,41,42,43). The predicted molar refractivity (Wildman–Crippen MR) is 170 cm³/mol. The molecule has 19 heteroatoms. The van der Waals surface area contributed by atoms with Gasteiger partial charge in [-0.15, -0.1) is 0 Å². The van der Waals surface area contributed by atoms with Crippen LogP contribution >= 0.6 is 0 Å². The zero-order valence-corrected chi connectivity index (χ0v) is 29.0. The van der Waals surface area contributed by atoms with Gasteiger partial charge in [0.1, 0.15) is 16.5 Å². The minimum atomic E-state index is -4.77. The van der Waals surface area contributed by atoms with Crippen LogP contribution in [0.25, 0.3) is 0 Å². The van der Waals surface area contributed by atoms with E-state index in [2.05, 4.69) is 15.3 Å². The molecule has 0 spiro atoms. The van der Waals surface area contributed by atoms with Gasteiger partial charge in [0.25, 0.3) is 30.4 Å². The van der Waals surface area contributed by atoms with Crippen LogP contribution in [-0.2, 0) is 35.1 Å². The molecule has 5 saturated carbocycles. The van der Waals surface area contributed by atoms with Crippen LogP contribution in [0.4, 0.5) is 0 Å². The number of ether oxygens (including phenoxy) is 1. The third kappa shape index (κ3) is 8.58. The molecule has 0 bridgehead atoms. The summed E-state index contributed by atoms with van der Waals surface area (Å²) in [5.74, 6) is -1.76. The number of hydrogen-bond acceptors (Lipinski definition) is 13. The molecule has 0 saturated heterocycles. The van der Waals surface area contributed by atoms with Crippen LogP contribution < -0.4 is 5.73 Å². The largest absolute Gasteiger partial charge is 0.390 e. The fourth-order valence-electron chi connectivity index (χ4n) is 9.03. The molecular weight excluding hydrogens is 679 g/mol. The smallest absolute Gasteiger partial charge is 0.270 e. The van der Waals surface area contributed by atoms with Gasteiger partial charge in [0.15, 0.2) is 0 Å². The van der Waals surface area contributed by atoms with Crippen molar-refractivity contribution in [1.82, 2.24) is 0 Å². The molecule has 0 aromatic rings. The lowest BCUT2D eigenvalue weighted by atomic mass is 9.66. The van der Waals surface area contributed by atoms with Gasteiger partial charge in [-0.2, -0.15) is 45.7 Å². The van der Waals surface area contributed by atoms with Crippen LogP contribution in [-0.4, -0.2) is 109 Å². The van der Waals surface area contributed by atoms with Gasteiger partial charge in [-0.25, -0.2) is 0 Å². The predicted octanol–water partition coefficient (Wildman–Crippen LogP) is 2.44. The van der Waals surface area contributed by atoms with E-state index in [1.54, 1.807) is 0 Å². The SMILES string of the molecule is CCOC1CCC(N=NC2CCC(N=NC3C(O)C4CC(N)C(S(=O)(=O)O)CC4CC3S(=O)(=O)O)C3CC(S(=O)(=O)O)CCC23)CC1. The van der Waals surface area contributed by atoms with Gasteiger partial charge in [0.05, 0.1) is 35.6 Å². The highest BCUT2D eigenvalue weighted by Crippen LogP contribution is 2.47. The summed E-state index contributed by atoms with van der Waals surface area (Å²) in [4.78, 5) is 0. The molecule has 270 valence electrons. The Balaban J connectivity index is 1.34. The Bertz CT molecular complexity index is 1490. The summed E-state index contributed by atoms with van der Waals surface area (Å²) in [6.07, 6.45) is 3.88. The first kappa shape index (κ1) is 37.1. The normalized spacial score (nSPS) is 43.9. The highest BCUT2D eigenvalue weighted by molar-refractivity contribution is 7.87. The summed E-state index contributed by atoms with van der Waals surface area (Å²) < 4.78 is 109. The zero-order valence-electron chi connectivity index (χ0n) is 26.5. The summed E-state index contributed by atoms with van der Waals surface area (Å²) in [6.45, 7) is 2.65. The number of azo groups is 2. The lowest BCUT2D eigenvalue weighted by molar-refractivity contribution is -0.00924. The van der Waals surface area contributed by atoms with E-state index in [0.29, 0.717) is 25.9 Å². The number of rotatable bonds is 9. The molecule has 0 heterocycles. The van der Waals surface area contributed by atoms with Crippen molar-refractivity contribution in [1.29, 1.82) is 0 Å². The highest BCUT2D eigenvalue weighted by Gasteiger charge is 2.54. The van der Waals surface area contributed by atoms with Crippen molar-refractivity contribution in [3.8, 4) is 0 Å². The van der Waals surface area contributed by atoms with Crippen molar-refractivity contribution in [2.24, 2.45) is 49.9 Å². The molecule has 47 heavy (non-hydrogen) atoms. The fraction of sp³-hybridized carbons (Fsp3) is 1.00. The van der Waals surface area contributed by atoms with Gasteiger partial charge in [-0.05, 0) is 108 Å². The van der Waals surface area contributed by atoms with Crippen LogP contribution in [0.5, 0.6) is 0 Å². The van der Waals surface area contributed by atoms with Crippen LogP contribution in [0, 0.1) is 23.7 Å². The van der Waals surface area contributed by atoms with Crippen molar-refractivity contribution < 1.29 is 48.8 Å². The average Bonchev–Trinajstić information content (AvgIpc) is 2.99. The zero-order chi connectivity index (χ0) is 34.3. The molecule has 0 aromatic heterocycles. The Hall–Kier alpha value is -1.19. The first-order chi connectivity index (χ1) is 22.0. The monoisotopic (exact) mass is 727 g/mol. The number of aliphatic hydroxyl groups excluding tert-OH is 1. The first-order valence-electron chi connectivity index (χ1n) is 16.7. The number of nitrogens with two attached hydrogens (primary N) is 1. The van der Waals surface area contributed by atoms with Gasteiger partial charge in [0.2, 0.25) is 0 Å². The lowest BCUT2D eigenvalue weighted by Crippen LogP contribution is -2.58. The Kier molecular flexibility index (Phi) is 11.5. The molecule has 6 N–H and O–H groups in total. The van der Waals surface area contributed by atoms with Crippen molar-refractivity contribution in [2.45, 2.75) is 142 Å². The Labute approximate surface area is 277 Å². The maximum atomic E-state index is 12.5. The van der Waals surface area contributed by atoms with Crippen molar-refractivity contribution >= 4 is 30.4 Å². The quantitative estimate of drug-likeness (QED) is 0.169. The number of hydrogen-bond donors (Lipinski definition) is 5. The third-order valence-corrected chi connectivity index (χ3v) is 15.3. The van der Waals surface area contributed by atoms with E-state index >= 15 is 0 Å². The maximum absolute atomic E-state index is 12.5. The number of aliphatic hydroxyl groups is 1. The lowest BCUT2D eigenvalue weighted by Gasteiger charge is -2.47. The molecule has 5 aliphatic rings. The molecule has 5 fully saturated rings. The van der Waals surface area contributed by atoms with E-state index in [1.807, 2.05) is 6.92 Å². The molecule has 12 unspecified atom stereocenters. The molecule has 12 atom stereocenters. The molecule has 16 nitrogen and oxygen atoms in total. The first-order valence-corrected chi connectivity index (χ1v) is 21.2.